The first kappa shape index (κ1) is 12.4. The number of carbonyl (C=O) groups is 2. The molecule has 0 radical (unpaired) electrons. The molecule has 2 N–H and O–H groups in total. The minimum Gasteiger partial charge on any atom is -0.481 e. The number of nitrogens with one attached hydrogen (secondary N) is 1. The predicted octanol–water partition coefficient (Wildman–Crippen LogP) is 0.781. The van der Waals surface area contributed by atoms with E-state index in [-0.39, 0.29) is 23.5 Å². The van der Waals surface area contributed by atoms with Gasteiger partial charge in [-0.25, -0.2) is 0 Å². The van der Waals surface area contributed by atoms with E-state index in [0.29, 0.717) is 13.0 Å². The van der Waals surface area contributed by atoms with E-state index >= 15 is 0 Å². The smallest absolute Gasteiger partial charge is 0.307 e. The number of hydrogen-bond acceptors (Lipinski definition) is 3. The molecule has 0 spiro atoms. The van der Waals surface area contributed by atoms with Crippen LogP contribution in [0.15, 0.2) is 0 Å². The van der Waals surface area contributed by atoms with Crippen molar-refractivity contribution in [2.75, 3.05) is 6.54 Å². The maximum absolute atomic E-state index is 11.6. The summed E-state index contributed by atoms with van der Waals surface area (Å²) in [5.41, 5.74) is -0.0986. The molecule has 5 heteroatoms. The Morgan fingerprint density at radius 3 is 2.59 bits per heavy atom. The van der Waals surface area contributed by atoms with Gasteiger partial charge in [-0.1, -0.05) is 0 Å². The standard InChI is InChI=1S/C12H19NO4/c1-12(2)4-3-7(17-12)6-13-10(14)8-5-9(8)11(15)16/h7-9H,3-6H2,1-2H3,(H,13,14)(H,15,16). The molecule has 5 nitrogen and oxygen atoms in total. The van der Waals surface area contributed by atoms with Crippen molar-refractivity contribution in [1.29, 1.82) is 0 Å². The third-order valence-corrected chi connectivity index (χ3v) is 3.50. The highest BCUT2D eigenvalue weighted by Gasteiger charge is 2.48. The first-order valence-corrected chi connectivity index (χ1v) is 6.07. The van der Waals surface area contributed by atoms with Gasteiger partial charge in [0.1, 0.15) is 0 Å². The summed E-state index contributed by atoms with van der Waals surface area (Å²) in [5.74, 6) is -1.83. The summed E-state index contributed by atoms with van der Waals surface area (Å²) in [6.45, 7) is 4.57. The normalized spacial score (nSPS) is 34.4. The Hall–Kier alpha value is -1.10. The number of carboxylic acids is 1. The summed E-state index contributed by atoms with van der Waals surface area (Å²) in [6.07, 6.45) is 2.48. The number of amides is 1. The fourth-order valence-electron chi connectivity index (χ4n) is 2.32. The van der Waals surface area contributed by atoms with E-state index in [1.54, 1.807) is 0 Å². The molecule has 17 heavy (non-hydrogen) atoms. The van der Waals surface area contributed by atoms with Crippen molar-refractivity contribution in [3.8, 4) is 0 Å². The van der Waals surface area contributed by atoms with E-state index in [2.05, 4.69) is 5.32 Å². The van der Waals surface area contributed by atoms with Crippen molar-refractivity contribution in [2.45, 2.75) is 44.8 Å². The van der Waals surface area contributed by atoms with Gasteiger partial charge < -0.3 is 15.2 Å². The van der Waals surface area contributed by atoms with Crippen LogP contribution in [0.5, 0.6) is 0 Å². The zero-order chi connectivity index (χ0) is 12.6. The van der Waals surface area contributed by atoms with E-state index in [0.717, 1.165) is 12.8 Å². The van der Waals surface area contributed by atoms with Crippen LogP contribution in [0.3, 0.4) is 0 Å². The number of ether oxygens (including phenoxy) is 1. The van der Waals surface area contributed by atoms with Crippen LogP contribution in [0.25, 0.3) is 0 Å². The quantitative estimate of drug-likeness (QED) is 0.762. The molecule has 0 bridgehead atoms. The summed E-state index contributed by atoms with van der Waals surface area (Å²) in [6, 6.07) is 0. The van der Waals surface area contributed by atoms with Gasteiger partial charge >= 0.3 is 5.97 Å². The van der Waals surface area contributed by atoms with Crippen LogP contribution in [0.4, 0.5) is 0 Å². The molecule has 3 unspecified atom stereocenters. The van der Waals surface area contributed by atoms with E-state index < -0.39 is 11.9 Å². The minimum atomic E-state index is -0.872. The van der Waals surface area contributed by atoms with Gasteiger partial charge in [-0.2, -0.15) is 0 Å². The summed E-state index contributed by atoms with van der Waals surface area (Å²) >= 11 is 0. The molecule has 0 aromatic heterocycles. The number of aliphatic carboxylic acids is 1. The molecule has 1 amide bonds. The zero-order valence-electron chi connectivity index (χ0n) is 10.2. The number of carbonyl (C=O) groups excluding carboxylic acids is 1. The van der Waals surface area contributed by atoms with Gasteiger partial charge in [0.2, 0.25) is 5.91 Å². The maximum atomic E-state index is 11.6. The molecule has 1 aliphatic carbocycles. The molecular weight excluding hydrogens is 222 g/mol. The second-order valence-electron chi connectivity index (χ2n) is 5.57. The lowest BCUT2D eigenvalue weighted by atomic mass is 10.1. The van der Waals surface area contributed by atoms with Crippen molar-refractivity contribution < 1.29 is 19.4 Å². The lowest BCUT2D eigenvalue weighted by Gasteiger charge is -2.19. The van der Waals surface area contributed by atoms with Crippen LogP contribution in [0, 0.1) is 11.8 Å². The third-order valence-electron chi connectivity index (χ3n) is 3.50. The third kappa shape index (κ3) is 2.97. The summed E-state index contributed by atoms with van der Waals surface area (Å²) < 4.78 is 5.74. The molecule has 1 heterocycles. The molecule has 3 atom stereocenters. The molecule has 96 valence electrons. The first-order valence-electron chi connectivity index (χ1n) is 6.07. The Bertz CT molecular complexity index is 339. The molecule has 2 rings (SSSR count). The predicted molar refractivity (Wildman–Crippen MR) is 60.4 cm³/mol. The van der Waals surface area contributed by atoms with E-state index in [4.69, 9.17) is 9.84 Å². The van der Waals surface area contributed by atoms with Crippen LogP contribution in [-0.2, 0) is 14.3 Å². The lowest BCUT2D eigenvalue weighted by molar-refractivity contribution is -0.140. The van der Waals surface area contributed by atoms with E-state index in [1.807, 2.05) is 13.8 Å². The Morgan fingerprint density at radius 1 is 1.41 bits per heavy atom. The Labute approximate surface area is 101 Å². The Morgan fingerprint density at radius 2 is 2.12 bits per heavy atom. The van der Waals surface area contributed by atoms with Crippen LogP contribution >= 0.6 is 0 Å². The van der Waals surface area contributed by atoms with Crippen LogP contribution in [-0.4, -0.2) is 35.2 Å². The zero-order valence-corrected chi connectivity index (χ0v) is 10.2. The molecular formula is C12H19NO4. The number of rotatable bonds is 4. The Kier molecular flexibility index (Phi) is 3.12. The van der Waals surface area contributed by atoms with Gasteiger partial charge in [0.05, 0.1) is 23.5 Å². The first-order chi connectivity index (χ1) is 7.89. The molecule has 1 saturated heterocycles. The molecule has 1 aliphatic heterocycles. The molecule has 2 aliphatic rings. The lowest BCUT2D eigenvalue weighted by Crippen LogP contribution is -2.34. The van der Waals surface area contributed by atoms with Gasteiger partial charge in [0.25, 0.3) is 0 Å². The van der Waals surface area contributed by atoms with Crippen molar-refractivity contribution >= 4 is 11.9 Å². The van der Waals surface area contributed by atoms with Crippen molar-refractivity contribution in [3.63, 3.8) is 0 Å². The van der Waals surface area contributed by atoms with Crippen LogP contribution < -0.4 is 5.32 Å². The fraction of sp³-hybridized carbons (Fsp3) is 0.833. The fourth-order valence-corrected chi connectivity index (χ4v) is 2.32. The van der Waals surface area contributed by atoms with E-state index in [1.165, 1.54) is 0 Å². The summed E-state index contributed by atoms with van der Waals surface area (Å²) in [4.78, 5) is 22.2. The highest BCUT2D eigenvalue weighted by atomic mass is 16.5. The van der Waals surface area contributed by atoms with Crippen molar-refractivity contribution in [1.82, 2.24) is 5.32 Å². The monoisotopic (exact) mass is 241 g/mol. The van der Waals surface area contributed by atoms with Gasteiger partial charge in [-0.3, -0.25) is 9.59 Å². The number of hydrogen-bond donors (Lipinski definition) is 2. The minimum absolute atomic E-state index is 0.0657. The van der Waals surface area contributed by atoms with E-state index in [9.17, 15) is 9.59 Å². The molecule has 0 aromatic rings. The van der Waals surface area contributed by atoms with Crippen LogP contribution in [0.1, 0.15) is 33.1 Å². The topological polar surface area (TPSA) is 75.6 Å². The van der Waals surface area contributed by atoms with Gasteiger partial charge in [0.15, 0.2) is 0 Å². The molecule has 1 saturated carbocycles. The second kappa shape index (κ2) is 4.29. The summed E-state index contributed by atoms with van der Waals surface area (Å²) in [5, 5.41) is 11.5. The molecule has 0 aromatic carbocycles. The van der Waals surface area contributed by atoms with Gasteiger partial charge in [0, 0.05) is 6.54 Å². The highest BCUT2D eigenvalue weighted by molar-refractivity contribution is 5.89. The maximum Gasteiger partial charge on any atom is 0.307 e. The van der Waals surface area contributed by atoms with Gasteiger partial charge in [-0.15, -0.1) is 0 Å². The van der Waals surface area contributed by atoms with Crippen molar-refractivity contribution in [2.24, 2.45) is 11.8 Å². The highest BCUT2D eigenvalue weighted by Crippen LogP contribution is 2.38. The van der Waals surface area contributed by atoms with Crippen molar-refractivity contribution in [3.05, 3.63) is 0 Å². The average Bonchev–Trinajstić information content (AvgIpc) is 2.95. The number of carboxylic acid groups (broad SMARTS) is 1. The van der Waals surface area contributed by atoms with Crippen LogP contribution in [0.2, 0.25) is 0 Å². The molecule has 2 fully saturated rings. The second-order valence-corrected chi connectivity index (χ2v) is 5.57. The average molecular weight is 241 g/mol. The van der Waals surface area contributed by atoms with Gasteiger partial charge in [-0.05, 0) is 33.1 Å². The summed E-state index contributed by atoms with van der Waals surface area (Å²) in [7, 11) is 0. The largest absolute Gasteiger partial charge is 0.481 e. The SMILES string of the molecule is CC1(C)CCC(CNC(=O)C2CC2C(=O)O)O1. The Balaban J connectivity index is 1.70.